The maximum Gasteiger partial charge on any atom is 0.213 e. The third-order valence-electron chi connectivity index (χ3n) is 2.93. The first kappa shape index (κ1) is 12.9. The van der Waals surface area contributed by atoms with Crippen molar-refractivity contribution in [2.24, 2.45) is 0 Å². The lowest BCUT2D eigenvalue weighted by atomic mass is 10.2. The van der Waals surface area contributed by atoms with E-state index in [1.54, 1.807) is 19.5 Å². The molecule has 0 saturated heterocycles. The molecule has 7 heteroatoms. The van der Waals surface area contributed by atoms with Gasteiger partial charge in [0.15, 0.2) is 5.65 Å². The molecular weight excluding hydrogens is 322 g/mol. The second-order valence-electron chi connectivity index (χ2n) is 4.26. The SMILES string of the molecule is COc1cc(Cn2c(N)nc3cc(Br)cnc32)ccn1. The second kappa shape index (κ2) is 5.09. The van der Waals surface area contributed by atoms with Crippen LogP contribution in [0.5, 0.6) is 5.88 Å². The van der Waals surface area contributed by atoms with E-state index in [0.29, 0.717) is 18.4 Å². The molecule has 0 aliphatic carbocycles. The largest absolute Gasteiger partial charge is 0.481 e. The number of nitrogens with two attached hydrogens (primary N) is 1. The van der Waals surface area contributed by atoms with Crippen molar-refractivity contribution in [2.45, 2.75) is 6.54 Å². The molecule has 0 aliphatic rings. The summed E-state index contributed by atoms with van der Waals surface area (Å²) in [7, 11) is 1.59. The minimum atomic E-state index is 0.432. The smallest absolute Gasteiger partial charge is 0.213 e. The number of methoxy groups -OCH3 is 1. The van der Waals surface area contributed by atoms with Crippen LogP contribution >= 0.6 is 15.9 Å². The number of hydrogen-bond donors (Lipinski definition) is 1. The summed E-state index contributed by atoms with van der Waals surface area (Å²) in [6.45, 7) is 0.565. The molecule has 0 radical (unpaired) electrons. The number of fused-ring (bicyclic) bond motifs is 1. The Morgan fingerprint density at radius 3 is 3.00 bits per heavy atom. The monoisotopic (exact) mass is 333 g/mol. The summed E-state index contributed by atoms with van der Waals surface area (Å²) >= 11 is 3.37. The number of nitrogens with zero attached hydrogens (tertiary/aromatic N) is 4. The zero-order valence-corrected chi connectivity index (χ0v) is 12.3. The predicted octanol–water partition coefficient (Wildman–Crippen LogP) is 2.23. The highest BCUT2D eigenvalue weighted by Crippen LogP contribution is 2.21. The fourth-order valence-corrected chi connectivity index (χ4v) is 2.32. The summed E-state index contributed by atoms with van der Waals surface area (Å²) in [5, 5.41) is 0. The molecule has 6 nitrogen and oxygen atoms in total. The highest BCUT2D eigenvalue weighted by atomic mass is 79.9. The third kappa shape index (κ3) is 2.32. The van der Waals surface area contributed by atoms with Gasteiger partial charge in [0.2, 0.25) is 11.8 Å². The molecule has 0 atom stereocenters. The first-order valence-corrected chi connectivity index (χ1v) is 6.73. The van der Waals surface area contributed by atoms with E-state index in [2.05, 4.69) is 30.9 Å². The number of ether oxygens (including phenoxy) is 1. The van der Waals surface area contributed by atoms with Crippen molar-refractivity contribution in [3.8, 4) is 5.88 Å². The van der Waals surface area contributed by atoms with Crippen LogP contribution in [0.25, 0.3) is 11.2 Å². The van der Waals surface area contributed by atoms with Crippen LogP contribution in [0.15, 0.2) is 35.1 Å². The molecule has 0 aliphatic heterocycles. The van der Waals surface area contributed by atoms with E-state index in [0.717, 1.165) is 21.2 Å². The number of aromatic nitrogens is 4. The predicted molar refractivity (Wildman–Crippen MR) is 79.5 cm³/mol. The van der Waals surface area contributed by atoms with Gasteiger partial charge in [0.05, 0.1) is 13.7 Å². The molecule has 0 unspecified atom stereocenters. The highest BCUT2D eigenvalue weighted by Gasteiger charge is 2.10. The van der Waals surface area contributed by atoms with Gasteiger partial charge in [-0.1, -0.05) is 0 Å². The number of halogens is 1. The van der Waals surface area contributed by atoms with E-state index < -0.39 is 0 Å². The van der Waals surface area contributed by atoms with Crippen LogP contribution in [-0.2, 0) is 6.54 Å². The number of pyridine rings is 2. The molecule has 0 aromatic carbocycles. The maximum absolute atomic E-state index is 5.97. The van der Waals surface area contributed by atoms with Gasteiger partial charge < -0.3 is 10.5 Å². The van der Waals surface area contributed by atoms with E-state index >= 15 is 0 Å². The van der Waals surface area contributed by atoms with Crippen molar-refractivity contribution in [3.63, 3.8) is 0 Å². The minimum absolute atomic E-state index is 0.432. The van der Waals surface area contributed by atoms with E-state index in [1.165, 1.54) is 0 Å². The van der Waals surface area contributed by atoms with E-state index in [-0.39, 0.29) is 0 Å². The maximum atomic E-state index is 5.97. The van der Waals surface area contributed by atoms with Gasteiger partial charge in [0.25, 0.3) is 0 Å². The zero-order valence-electron chi connectivity index (χ0n) is 10.7. The van der Waals surface area contributed by atoms with Crippen LogP contribution < -0.4 is 10.5 Å². The average Bonchev–Trinajstić information content (AvgIpc) is 2.74. The standard InChI is InChI=1S/C13H12BrN5O/c1-20-11-4-8(2-3-16-11)7-19-12-10(18-13(19)15)5-9(14)6-17-12/h2-6H,7H2,1H3,(H2,15,18). The molecule has 0 fully saturated rings. The average molecular weight is 334 g/mol. The van der Waals surface area contributed by atoms with Gasteiger partial charge in [0, 0.05) is 22.9 Å². The van der Waals surface area contributed by atoms with Crippen LogP contribution in [0.3, 0.4) is 0 Å². The molecule has 0 spiro atoms. The van der Waals surface area contributed by atoms with Gasteiger partial charge >= 0.3 is 0 Å². The molecule has 3 heterocycles. The Bertz CT molecular complexity index is 771. The third-order valence-corrected chi connectivity index (χ3v) is 3.36. The Morgan fingerprint density at radius 2 is 2.20 bits per heavy atom. The van der Waals surface area contributed by atoms with Gasteiger partial charge in [0.1, 0.15) is 5.52 Å². The molecule has 0 amide bonds. The van der Waals surface area contributed by atoms with Crippen LogP contribution in [0.2, 0.25) is 0 Å². The Balaban J connectivity index is 2.03. The van der Waals surface area contributed by atoms with Gasteiger partial charge in [-0.05, 0) is 33.6 Å². The molecule has 0 bridgehead atoms. The Hall–Kier alpha value is -2.15. The number of imidazole rings is 1. The van der Waals surface area contributed by atoms with E-state index in [4.69, 9.17) is 10.5 Å². The fourth-order valence-electron chi connectivity index (χ4n) is 2.00. The number of rotatable bonds is 3. The van der Waals surface area contributed by atoms with Gasteiger partial charge in [-0.2, -0.15) is 0 Å². The number of hydrogen-bond acceptors (Lipinski definition) is 5. The summed E-state index contributed by atoms with van der Waals surface area (Å²) in [6.07, 6.45) is 3.43. The zero-order chi connectivity index (χ0) is 14.1. The van der Waals surface area contributed by atoms with Gasteiger partial charge in [-0.25, -0.2) is 15.0 Å². The van der Waals surface area contributed by atoms with Gasteiger partial charge in [-0.15, -0.1) is 0 Å². The topological polar surface area (TPSA) is 78.9 Å². The lowest BCUT2D eigenvalue weighted by Gasteiger charge is -2.07. The molecule has 102 valence electrons. The molecule has 20 heavy (non-hydrogen) atoms. The van der Waals surface area contributed by atoms with Crippen LogP contribution in [0.4, 0.5) is 5.95 Å². The molecule has 2 N–H and O–H groups in total. The van der Waals surface area contributed by atoms with Crippen molar-refractivity contribution in [2.75, 3.05) is 12.8 Å². The second-order valence-corrected chi connectivity index (χ2v) is 5.17. The number of nitrogen functional groups attached to an aromatic ring is 1. The van der Waals surface area contributed by atoms with Crippen molar-refractivity contribution in [1.82, 2.24) is 19.5 Å². The van der Waals surface area contributed by atoms with Crippen LogP contribution in [0.1, 0.15) is 5.56 Å². The summed E-state index contributed by atoms with van der Waals surface area (Å²) in [5.41, 5.74) is 8.51. The lowest BCUT2D eigenvalue weighted by molar-refractivity contribution is 0.397. The Labute approximate surface area is 123 Å². The normalized spacial score (nSPS) is 10.9. The summed E-state index contributed by atoms with van der Waals surface area (Å²) in [6, 6.07) is 5.67. The molecule has 0 saturated carbocycles. The van der Waals surface area contributed by atoms with Crippen molar-refractivity contribution in [1.29, 1.82) is 0 Å². The first-order chi connectivity index (χ1) is 9.67. The number of anilines is 1. The van der Waals surface area contributed by atoms with Crippen molar-refractivity contribution >= 4 is 33.0 Å². The van der Waals surface area contributed by atoms with Crippen LogP contribution in [0, 0.1) is 0 Å². The first-order valence-electron chi connectivity index (χ1n) is 5.93. The molecule has 3 aromatic rings. The molecular formula is C13H12BrN5O. The summed E-state index contributed by atoms with van der Waals surface area (Å²) < 4.78 is 7.85. The lowest BCUT2D eigenvalue weighted by Crippen LogP contribution is -2.05. The van der Waals surface area contributed by atoms with Gasteiger partial charge in [-0.3, -0.25) is 4.57 Å². The van der Waals surface area contributed by atoms with Crippen molar-refractivity contribution < 1.29 is 4.74 Å². The molecule has 3 aromatic heterocycles. The van der Waals surface area contributed by atoms with Crippen molar-refractivity contribution in [3.05, 3.63) is 40.6 Å². The van der Waals surface area contributed by atoms with Crippen LogP contribution in [-0.4, -0.2) is 26.6 Å². The highest BCUT2D eigenvalue weighted by molar-refractivity contribution is 9.10. The quantitative estimate of drug-likeness (QED) is 0.795. The summed E-state index contributed by atoms with van der Waals surface area (Å²) in [4.78, 5) is 12.8. The Morgan fingerprint density at radius 1 is 1.35 bits per heavy atom. The summed E-state index contributed by atoms with van der Waals surface area (Å²) in [5.74, 6) is 1.00. The molecule has 3 rings (SSSR count). The minimum Gasteiger partial charge on any atom is -0.481 e. The fraction of sp³-hybridized carbons (Fsp3) is 0.154. The van der Waals surface area contributed by atoms with E-state index in [1.807, 2.05) is 22.8 Å². The van der Waals surface area contributed by atoms with E-state index in [9.17, 15) is 0 Å². The Kier molecular flexibility index (Phi) is 3.27.